The molecule has 0 bridgehead atoms. The summed E-state index contributed by atoms with van der Waals surface area (Å²) in [5, 5.41) is 9.95. The van der Waals surface area contributed by atoms with Crippen LogP contribution in [-0.2, 0) is 14.9 Å². The van der Waals surface area contributed by atoms with Crippen LogP contribution in [0.15, 0.2) is 0 Å². The maximum atomic E-state index is 9.96. The first kappa shape index (κ1) is 10.3. The summed E-state index contributed by atoms with van der Waals surface area (Å²) in [4.78, 5) is 9.95. The van der Waals surface area contributed by atoms with Crippen LogP contribution in [0.3, 0.4) is 0 Å². The van der Waals surface area contributed by atoms with E-state index < -0.39 is 27.9 Å². The summed E-state index contributed by atoms with van der Waals surface area (Å²) in [5.74, 6) is -2.16. The standard InChI is InChI=1S/C4H9NO5S/c5-3(4(6)7)1-2-11(8,9)10/h3H,1-2,5H2,(H,6,7)(H,8,9,10)/p-1/t3-/m0/s1. The third-order valence-electron chi connectivity index (χ3n) is 1.05. The number of carboxylic acids is 1. The highest BCUT2D eigenvalue weighted by Gasteiger charge is 2.08. The molecule has 0 aromatic carbocycles. The van der Waals surface area contributed by atoms with Crippen molar-refractivity contribution < 1.29 is 28.6 Å². The molecule has 0 saturated carbocycles. The highest BCUT2D eigenvalue weighted by atomic mass is 32.2. The number of hydrogen-bond acceptors (Lipinski definition) is 5. The van der Waals surface area contributed by atoms with Crippen molar-refractivity contribution in [2.24, 2.45) is 0 Å². The van der Waals surface area contributed by atoms with Crippen molar-refractivity contribution in [2.45, 2.75) is 12.5 Å². The molecule has 11 heavy (non-hydrogen) atoms. The largest absolute Gasteiger partial charge is 0.748 e. The van der Waals surface area contributed by atoms with Crippen molar-refractivity contribution >= 4 is 16.1 Å². The van der Waals surface area contributed by atoms with Gasteiger partial charge in [0.2, 0.25) is 0 Å². The predicted molar refractivity (Wildman–Crippen MR) is 30.9 cm³/mol. The van der Waals surface area contributed by atoms with Crippen molar-refractivity contribution in [1.29, 1.82) is 0 Å². The second kappa shape index (κ2) is 3.65. The highest BCUT2D eigenvalue weighted by molar-refractivity contribution is 7.85. The van der Waals surface area contributed by atoms with Crippen LogP contribution >= 0.6 is 0 Å². The third-order valence-corrected chi connectivity index (χ3v) is 1.79. The van der Waals surface area contributed by atoms with Crippen LogP contribution in [-0.4, -0.2) is 30.7 Å². The molecule has 0 rings (SSSR count). The van der Waals surface area contributed by atoms with Crippen molar-refractivity contribution in [3.8, 4) is 0 Å². The third kappa shape index (κ3) is 5.77. The molecule has 3 N–H and O–H groups in total. The first-order valence-electron chi connectivity index (χ1n) is 2.80. The summed E-state index contributed by atoms with van der Waals surface area (Å²) in [5.41, 5.74) is 3.08. The average Bonchev–Trinajstić information content (AvgIpc) is 1.80. The van der Waals surface area contributed by atoms with Crippen LogP contribution in [0.5, 0.6) is 0 Å². The Labute approximate surface area is 63.8 Å². The van der Waals surface area contributed by atoms with Gasteiger partial charge in [0.1, 0.15) is 6.04 Å². The van der Waals surface area contributed by atoms with Crippen molar-refractivity contribution in [2.75, 3.05) is 5.75 Å². The number of rotatable bonds is 4. The number of quaternary nitrogens is 1. The highest BCUT2D eigenvalue weighted by Crippen LogP contribution is 1.89. The molecule has 0 amide bonds. The quantitative estimate of drug-likeness (QED) is 0.447. The van der Waals surface area contributed by atoms with Crippen LogP contribution in [0, 0.1) is 0 Å². The lowest BCUT2D eigenvalue weighted by Gasteiger charge is -2.10. The van der Waals surface area contributed by atoms with Crippen LogP contribution in [0.4, 0.5) is 0 Å². The van der Waals surface area contributed by atoms with Crippen LogP contribution < -0.4 is 10.8 Å². The molecule has 0 aromatic rings. The Balaban J connectivity index is 3.82. The summed E-state index contributed by atoms with van der Waals surface area (Å²) < 4.78 is 29.9. The molecule has 0 aliphatic carbocycles. The second-order valence-corrected chi connectivity index (χ2v) is 3.59. The van der Waals surface area contributed by atoms with Crippen LogP contribution in [0.25, 0.3) is 0 Å². The van der Waals surface area contributed by atoms with Gasteiger partial charge >= 0.3 is 0 Å². The van der Waals surface area contributed by atoms with Gasteiger partial charge in [-0.1, -0.05) is 0 Å². The smallest absolute Gasteiger partial charge is 0.125 e. The predicted octanol–water partition coefficient (Wildman–Crippen LogP) is -3.72. The lowest BCUT2D eigenvalue weighted by atomic mass is 10.2. The molecule has 0 radical (unpaired) electrons. The first-order chi connectivity index (χ1) is 4.83. The van der Waals surface area contributed by atoms with Gasteiger partial charge in [0.05, 0.1) is 16.1 Å². The fourth-order valence-electron chi connectivity index (χ4n) is 0.404. The molecule has 0 aliphatic rings. The van der Waals surface area contributed by atoms with Gasteiger partial charge in [-0.3, -0.25) is 0 Å². The summed E-state index contributed by atoms with van der Waals surface area (Å²) in [7, 11) is -4.33. The summed E-state index contributed by atoms with van der Waals surface area (Å²) >= 11 is 0. The Bertz CT molecular complexity index is 233. The molecular weight excluding hydrogens is 174 g/mol. The molecule has 1 atom stereocenters. The molecule has 0 spiro atoms. The van der Waals surface area contributed by atoms with Gasteiger partial charge in [-0.2, -0.15) is 0 Å². The van der Waals surface area contributed by atoms with E-state index in [9.17, 15) is 22.9 Å². The molecule has 0 saturated heterocycles. The SMILES string of the molecule is [NH3+][C@@H](CCS(=O)(=O)[O-])C(=O)[O-]. The van der Waals surface area contributed by atoms with Gasteiger partial charge in [0.25, 0.3) is 0 Å². The Morgan fingerprint density at radius 3 is 2.27 bits per heavy atom. The minimum Gasteiger partial charge on any atom is -0.748 e. The van der Waals surface area contributed by atoms with Gasteiger partial charge in [-0.25, -0.2) is 8.42 Å². The van der Waals surface area contributed by atoms with Gasteiger partial charge in [-0.15, -0.1) is 0 Å². The molecule has 0 fully saturated rings. The fraction of sp³-hybridized carbons (Fsp3) is 0.750. The average molecular weight is 182 g/mol. The summed E-state index contributed by atoms with van der Waals surface area (Å²) in [6, 6.07) is -1.14. The van der Waals surface area contributed by atoms with E-state index in [1.54, 1.807) is 0 Å². The molecule has 0 unspecified atom stereocenters. The number of aliphatic carboxylic acids is 1. The number of carbonyl (C=O) groups excluding carboxylic acids is 1. The lowest BCUT2D eigenvalue weighted by molar-refractivity contribution is -0.437. The van der Waals surface area contributed by atoms with Crippen molar-refractivity contribution in [3.05, 3.63) is 0 Å². The van der Waals surface area contributed by atoms with E-state index in [4.69, 9.17) is 0 Å². The van der Waals surface area contributed by atoms with Gasteiger partial charge in [-0.05, 0) is 0 Å². The van der Waals surface area contributed by atoms with E-state index in [0.29, 0.717) is 0 Å². The van der Waals surface area contributed by atoms with E-state index in [0.717, 1.165) is 0 Å². The first-order valence-corrected chi connectivity index (χ1v) is 4.38. The van der Waals surface area contributed by atoms with Gasteiger partial charge in [0.15, 0.2) is 0 Å². The molecule has 66 valence electrons. The zero-order chi connectivity index (χ0) is 9.07. The number of carboxylic acid groups (broad SMARTS) is 1. The zero-order valence-electron chi connectivity index (χ0n) is 5.65. The van der Waals surface area contributed by atoms with E-state index in [1.165, 1.54) is 0 Å². The fourth-order valence-corrected chi connectivity index (χ4v) is 0.978. The molecular formula is C4H8NO5S-. The molecule has 0 aromatic heterocycles. The van der Waals surface area contributed by atoms with E-state index in [1.807, 2.05) is 0 Å². The van der Waals surface area contributed by atoms with Crippen LogP contribution in [0.2, 0.25) is 0 Å². The number of carbonyl (C=O) groups is 1. The Kier molecular flexibility index (Phi) is 3.43. The summed E-state index contributed by atoms with van der Waals surface area (Å²) in [6.07, 6.45) is -0.297. The van der Waals surface area contributed by atoms with Crippen molar-refractivity contribution in [1.82, 2.24) is 0 Å². The number of hydrogen-bond donors (Lipinski definition) is 1. The summed E-state index contributed by atoms with van der Waals surface area (Å²) in [6.45, 7) is 0. The van der Waals surface area contributed by atoms with Crippen molar-refractivity contribution in [3.63, 3.8) is 0 Å². The second-order valence-electron chi connectivity index (χ2n) is 2.07. The maximum absolute atomic E-state index is 9.96. The minimum atomic E-state index is -4.33. The minimum absolute atomic E-state index is 0.297. The Hall–Kier alpha value is -0.660. The Morgan fingerprint density at radius 1 is 1.55 bits per heavy atom. The van der Waals surface area contributed by atoms with Crippen LogP contribution in [0.1, 0.15) is 6.42 Å². The van der Waals surface area contributed by atoms with Gasteiger partial charge < -0.3 is 20.2 Å². The molecule has 6 nitrogen and oxygen atoms in total. The Morgan fingerprint density at radius 2 is 2.00 bits per heavy atom. The normalized spacial score (nSPS) is 14.4. The van der Waals surface area contributed by atoms with E-state index in [-0.39, 0.29) is 6.42 Å². The van der Waals surface area contributed by atoms with E-state index in [2.05, 4.69) is 5.73 Å². The molecule has 0 heterocycles. The monoisotopic (exact) mass is 182 g/mol. The molecule has 0 aliphatic heterocycles. The lowest BCUT2D eigenvalue weighted by Crippen LogP contribution is -2.68. The topological polar surface area (TPSA) is 125 Å². The molecule has 7 heteroatoms. The van der Waals surface area contributed by atoms with E-state index >= 15 is 0 Å². The maximum Gasteiger partial charge on any atom is 0.125 e. The van der Waals surface area contributed by atoms with Gasteiger partial charge in [0, 0.05) is 12.2 Å². The zero-order valence-corrected chi connectivity index (χ0v) is 6.46.